The molecule has 1 aromatic carbocycles. The van der Waals surface area contributed by atoms with Gasteiger partial charge in [0, 0.05) is 42.8 Å². The molecule has 7 nitrogen and oxygen atoms in total. The van der Waals surface area contributed by atoms with E-state index in [9.17, 15) is 4.79 Å². The Hall–Kier alpha value is -2.80. The van der Waals surface area contributed by atoms with E-state index in [2.05, 4.69) is 44.4 Å². The molecule has 2 unspecified atom stereocenters. The Morgan fingerprint density at radius 1 is 1.06 bits per heavy atom. The van der Waals surface area contributed by atoms with E-state index < -0.39 is 0 Å². The normalized spacial score (nSPS) is 21.0. The Morgan fingerprint density at radius 3 is 2.56 bits per heavy atom. The fourth-order valence-corrected chi connectivity index (χ4v) is 5.46. The first-order valence-electron chi connectivity index (χ1n) is 12.6. The van der Waals surface area contributed by atoms with Crippen molar-refractivity contribution in [1.29, 1.82) is 0 Å². The molecule has 2 fully saturated rings. The SMILES string of the molecule is Cc1cc(N2CCC(C(=O)NC(Cc3ccc4c(c3)OCCO4)CN3CCCC3)C2)cc(C)n1. The highest BCUT2D eigenvalue weighted by Crippen LogP contribution is 2.31. The number of hydrogen-bond donors (Lipinski definition) is 1. The first-order chi connectivity index (χ1) is 16.5. The Bertz CT molecular complexity index is 1000. The van der Waals surface area contributed by atoms with Crippen molar-refractivity contribution in [2.45, 2.75) is 45.6 Å². The molecule has 1 aromatic heterocycles. The summed E-state index contributed by atoms with van der Waals surface area (Å²) in [5, 5.41) is 3.42. The molecule has 0 spiro atoms. The maximum atomic E-state index is 13.3. The number of anilines is 1. The van der Waals surface area contributed by atoms with Crippen LogP contribution in [-0.2, 0) is 11.2 Å². The van der Waals surface area contributed by atoms with E-state index in [0.717, 1.165) is 68.5 Å². The van der Waals surface area contributed by atoms with Gasteiger partial charge in [-0.3, -0.25) is 9.78 Å². The Kier molecular flexibility index (Phi) is 6.90. The number of nitrogens with one attached hydrogen (secondary N) is 1. The van der Waals surface area contributed by atoms with Gasteiger partial charge in [0.2, 0.25) is 5.91 Å². The van der Waals surface area contributed by atoms with Crippen molar-refractivity contribution in [3.8, 4) is 11.5 Å². The van der Waals surface area contributed by atoms with Crippen LogP contribution in [-0.4, -0.2) is 67.8 Å². The lowest BCUT2D eigenvalue weighted by Gasteiger charge is -2.27. The van der Waals surface area contributed by atoms with Crippen molar-refractivity contribution in [2.24, 2.45) is 5.92 Å². The number of benzene rings is 1. The van der Waals surface area contributed by atoms with E-state index in [1.54, 1.807) is 0 Å². The molecule has 0 saturated carbocycles. The molecule has 3 aliphatic heterocycles. The summed E-state index contributed by atoms with van der Waals surface area (Å²) >= 11 is 0. The Labute approximate surface area is 202 Å². The van der Waals surface area contributed by atoms with Gasteiger partial charge in [0.25, 0.3) is 0 Å². The number of amides is 1. The van der Waals surface area contributed by atoms with Crippen LogP contribution in [0.2, 0.25) is 0 Å². The number of hydrogen-bond acceptors (Lipinski definition) is 6. The van der Waals surface area contributed by atoms with Crippen molar-refractivity contribution < 1.29 is 14.3 Å². The van der Waals surface area contributed by atoms with Crippen molar-refractivity contribution in [3.63, 3.8) is 0 Å². The zero-order valence-corrected chi connectivity index (χ0v) is 20.4. The molecule has 1 N–H and O–H groups in total. The van der Waals surface area contributed by atoms with Crippen molar-refractivity contribution >= 4 is 11.6 Å². The van der Waals surface area contributed by atoms with E-state index in [-0.39, 0.29) is 17.9 Å². The zero-order chi connectivity index (χ0) is 23.5. The summed E-state index contributed by atoms with van der Waals surface area (Å²) in [6, 6.07) is 10.5. The van der Waals surface area contributed by atoms with Gasteiger partial charge in [-0.05, 0) is 82.4 Å². The molecular formula is C27H36N4O3. The van der Waals surface area contributed by atoms with Gasteiger partial charge in [-0.25, -0.2) is 0 Å². The van der Waals surface area contributed by atoms with Crippen molar-refractivity contribution in [1.82, 2.24) is 15.2 Å². The summed E-state index contributed by atoms with van der Waals surface area (Å²) in [6.45, 7) is 10.0. The van der Waals surface area contributed by atoms with Crippen LogP contribution in [0.4, 0.5) is 5.69 Å². The fourth-order valence-electron chi connectivity index (χ4n) is 5.46. The van der Waals surface area contributed by atoms with Gasteiger partial charge in [0.1, 0.15) is 13.2 Å². The molecule has 3 aliphatic rings. The molecule has 7 heteroatoms. The minimum Gasteiger partial charge on any atom is -0.486 e. The molecule has 4 heterocycles. The molecule has 182 valence electrons. The number of nitrogens with zero attached hydrogens (tertiary/aromatic N) is 3. The number of likely N-dealkylation sites (tertiary alicyclic amines) is 1. The monoisotopic (exact) mass is 464 g/mol. The van der Waals surface area contributed by atoms with E-state index in [0.29, 0.717) is 13.2 Å². The van der Waals surface area contributed by atoms with E-state index in [1.165, 1.54) is 24.1 Å². The quantitative estimate of drug-likeness (QED) is 0.679. The van der Waals surface area contributed by atoms with Crippen LogP contribution >= 0.6 is 0 Å². The fraction of sp³-hybridized carbons (Fsp3) is 0.556. The van der Waals surface area contributed by atoms with Gasteiger partial charge in [-0.1, -0.05) is 6.07 Å². The maximum Gasteiger partial charge on any atom is 0.225 e. The predicted octanol–water partition coefficient (Wildman–Crippen LogP) is 3.12. The van der Waals surface area contributed by atoms with Crippen LogP contribution in [0.3, 0.4) is 0 Å². The van der Waals surface area contributed by atoms with Crippen LogP contribution in [0.1, 0.15) is 36.2 Å². The summed E-state index contributed by atoms with van der Waals surface area (Å²) in [5.41, 5.74) is 4.38. The minimum absolute atomic E-state index is 0.00937. The summed E-state index contributed by atoms with van der Waals surface area (Å²) in [7, 11) is 0. The standard InChI is InChI=1S/C27H36N4O3/c1-19-13-24(14-20(2)28-19)31-10-7-22(17-31)27(32)29-23(18-30-8-3-4-9-30)15-21-5-6-25-26(16-21)34-12-11-33-25/h5-6,13-14,16,22-23H,3-4,7-12,15,17-18H2,1-2H3,(H,29,32). The van der Waals surface area contributed by atoms with Crippen molar-refractivity contribution in [3.05, 3.63) is 47.3 Å². The van der Waals surface area contributed by atoms with Gasteiger partial charge < -0.3 is 24.6 Å². The Morgan fingerprint density at radius 2 is 1.79 bits per heavy atom. The average molecular weight is 465 g/mol. The van der Waals surface area contributed by atoms with Crippen LogP contribution in [0.25, 0.3) is 0 Å². The number of rotatable bonds is 7. The highest BCUT2D eigenvalue weighted by molar-refractivity contribution is 5.80. The number of carbonyl (C=O) groups excluding carboxylic acids is 1. The lowest BCUT2D eigenvalue weighted by Crippen LogP contribution is -2.46. The summed E-state index contributed by atoms with van der Waals surface area (Å²) < 4.78 is 11.5. The molecule has 0 radical (unpaired) electrons. The topological polar surface area (TPSA) is 66.9 Å². The van der Waals surface area contributed by atoms with Gasteiger partial charge in [0.05, 0.1) is 5.92 Å². The van der Waals surface area contributed by atoms with Crippen LogP contribution in [0, 0.1) is 19.8 Å². The third-order valence-electron chi connectivity index (χ3n) is 7.10. The lowest BCUT2D eigenvalue weighted by molar-refractivity contribution is -0.125. The zero-order valence-electron chi connectivity index (χ0n) is 20.4. The number of fused-ring (bicyclic) bond motifs is 1. The number of aromatic nitrogens is 1. The molecule has 2 atom stereocenters. The molecule has 0 bridgehead atoms. The second-order valence-electron chi connectivity index (χ2n) is 9.94. The summed E-state index contributed by atoms with van der Waals surface area (Å²) in [5.74, 6) is 1.80. The maximum absolute atomic E-state index is 13.3. The predicted molar refractivity (Wildman–Crippen MR) is 133 cm³/mol. The van der Waals surface area contributed by atoms with Gasteiger partial charge in [-0.15, -0.1) is 0 Å². The second kappa shape index (κ2) is 10.2. The van der Waals surface area contributed by atoms with Crippen LogP contribution in [0.15, 0.2) is 30.3 Å². The summed E-state index contributed by atoms with van der Waals surface area (Å²) in [4.78, 5) is 22.6. The number of pyridine rings is 1. The highest BCUT2D eigenvalue weighted by atomic mass is 16.6. The molecule has 2 saturated heterocycles. The Balaban J connectivity index is 1.25. The van der Waals surface area contributed by atoms with Gasteiger partial charge in [-0.2, -0.15) is 0 Å². The highest BCUT2D eigenvalue weighted by Gasteiger charge is 2.31. The first kappa shape index (κ1) is 23.0. The van der Waals surface area contributed by atoms with Gasteiger partial charge in [0.15, 0.2) is 11.5 Å². The second-order valence-corrected chi connectivity index (χ2v) is 9.94. The van der Waals surface area contributed by atoms with Crippen molar-refractivity contribution in [2.75, 3.05) is 50.8 Å². The molecule has 0 aliphatic carbocycles. The third kappa shape index (κ3) is 5.46. The number of aryl methyl sites for hydroxylation is 2. The smallest absolute Gasteiger partial charge is 0.225 e. The number of ether oxygens (including phenoxy) is 2. The third-order valence-corrected chi connectivity index (χ3v) is 7.10. The molecule has 1 amide bonds. The van der Waals surface area contributed by atoms with E-state index in [1.807, 2.05) is 19.9 Å². The molecular weight excluding hydrogens is 428 g/mol. The van der Waals surface area contributed by atoms with E-state index >= 15 is 0 Å². The van der Waals surface area contributed by atoms with E-state index in [4.69, 9.17) is 9.47 Å². The molecule has 5 rings (SSSR count). The van der Waals surface area contributed by atoms with Gasteiger partial charge >= 0.3 is 0 Å². The molecule has 34 heavy (non-hydrogen) atoms. The molecule has 2 aromatic rings. The summed E-state index contributed by atoms with van der Waals surface area (Å²) in [6.07, 6.45) is 4.16. The average Bonchev–Trinajstić information content (AvgIpc) is 3.51. The van der Waals surface area contributed by atoms with Crippen LogP contribution < -0.4 is 19.7 Å². The first-order valence-corrected chi connectivity index (χ1v) is 12.6. The number of carbonyl (C=O) groups is 1. The van der Waals surface area contributed by atoms with Crippen LogP contribution in [0.5, 0.6) is 11.5 Å². The lowest BCUT2D eigenvalue weighted by atomic mass is 10.0. The minimum atomic E-state index is 0.00937. The largest absolute Gasteiger partial charge is 0.486 e.